The van der Waals surface area contributed by atoms with Gasteiger partial charge in [0.25, 0.3) is 0 Å². The highest BCUT2D eigenvalue weighted by Gasteiger charge is 2.33. The molecule has 1 aromatic carbocycles. The number of benzene rings is 1. The topological polar surface area (TPSA) is 52.7 Å². The van der Waals surface area contributed by atoms with Crippen molar-refractivity contribution in [3.63, 3.8) is 0 Å². The fourth-order valence-electron chi connectivity index (χ4n) is 5.35. The number of hydrogen-bond donors (Lipinski definition) is 1. The van der Waals surface area contributed by atoms with E-state index in [1.54, 1.807) is 0 Å². The van der Waals surface area contributed by atoms with Crippen LogP contribution in [0.3, 0.4) is 0 Å². The molecule has 0 spiro atoms. The molecule has 2 atom stereocenters. The quantitative estimate of drug-likeness (QED) is 0.794. The Hall–Kier alpha value is -1.88. The van der Waals surface area contributed by atoms with Crippen LogP contribution in [0.4, 0.5) is 5.69 Å². The lowest BCUT2D eigenvalue weighted by Crippen LogP contribution is -2.51. The second-order valence-corrected chi connectivity index (χ2v) is 8.72. The van der Waals surface area contributed by atoms with E-state index in [0.717, 1.165) is 44.4 Å². The van der Waals surface area contributed by atoms with Crippen LogP contribution in [0.15, 0.2) is 24.3 Å². The van der Waals surface area contributed by atoms with Crippen molar-refractivity contribution in [2.24, 2.45) is 11.8 Å². The number of nitrogens with zero attached hydrogens (tertiary/aromatic N) is 2. The average molecular weight is 384 g/mol. The number of carbonyl (C=O) groups is 2. The number of carbonyl (C=O) groups excluding carboxylic acids is 2. The Kier molecular flexibility index (Phi) is 6.30. The van der Waals surface area contributed by atoms with Crippen LogP contribution < -0.4 is 10.2 Å². The Bertz CT molecular complexity index is 665. The van der Waals surface area contributed by atoms with Crippen molar-refractivity contribution in [2.75, 3.05) is 37.6 Å². The van der Waals surface area contributed by atoms with E-state index in [9.17, 15) is 9.59 Å². The molecule has 0 bridgehead atoms. The normalized spacial score (nSPS) is 26.5. The fraction of sp³-hybridized carbons (Fsp3) is 0.652. The van der Waals surface area contributed by atoms with Gasteiger partial charge in [-0.05, 0) is 81.8 Å². The summed E-state index contributed by atoms with van der Waals surface area (Å²) in [4.78, 5) is 28.5. The molecule has 0 aliphatic carbocycles. The first-order valence-corrected chi connectivity index (χ1v) is 11.1. The van der Waals surface area contributed by atoms with Crippen LogP contribution in [-0.4, -0.2) is 55.9 Å². The lowest BCUT2D eigenvalue weighted by atomic mass is 9.83. The highest BCUT2D eigenvalue weighted by atomic mass is 16.1. The smallest absolute Gasteiger partial charge is 0.223 e. The molecule has 3 aliphatic rings. The molecular weight excluding hydrogens is 350 g/mol. The molecule has 1 aromatic rings. The van der Waals surface area contributed by atoms with Crippen LogP contribution in [0, 0.1) is 11.8 Å². The van der Waals surface area contributed by atoms with Crippen LogP contribution in [0.5, 0.6) is 0 Å². The van der Waals surface area contributed by atoms with Gasteiger partial charge in [-0.1, -0.05) is 6.42 Å². The summed E-state index contributed by atoms with van der Waals surface area (Å²) >= 11 is 0. The SMILES string of the molecule is O=Cc1ccc(N2CCC(C(=O)NC[C@@H]3CCCN4CCCC[C@H]34)CC2)cc1. The lowest BCUT2D eigenvalue weighted by molar-refractivity contribution is -0.126. The van der Waals surface area contributed by atoms with E-state index in [0.29, 0.717) is 17.5 Å². The molecule has 5 nitrogen and oxygen atoms in total. The van der Waals surface area contributed by atoms with Gasteiger partial charge >= 0.3 is 0 Å². The maximum absolute atomic E-state index is 12.7. The third-order valence-corrected chi connectivity index (χ3v) is 7.03. The van der Waals surface area contributed by atoms with Gasteiger partial charge < -0.3 is 15.1 Å². The predicted molar refractivity (Wildman–Crippen MR) is 112 cm³/mol. The Labute approximate surface area is 168 Å². The Morgan fingerprint density at radius 1 is 0.964 bits per heavy atom. The summed E-state index contributed by atoms with van der Waals surface area (Å²) in [6.07, 6.45) is 9.21. The molecule has 0 aromatic heterocycles. The standard InChI is InChI=1S/C23H33N3O2/c27-17-18-6-8-21(9-7-18)25-14-10-19(11-15-25)23(28)24-16-20-4-3-13-26-12-2-1-5-22(20)26/h6-9,17,19-20,22H,1-5,10-16H2,(H,24,28)/t20-,22+/m0/s1. The molecule has 4 rings (SSSR count). The van der Waals surface area contributed by atoms with Gasteiger partial charge in [-0.25, -0.2) is 0 Å². The molecule has 3 heterocycles. The first-order chi connectivity index (χ1) is 13.7. The zero-order chi connectivity index (χ0) is 19.3. The van der Waals surface area contributed by atoms with Gasteiger partial charge in [-0.2, -0.15) is 0 Å². The molecule has 0 unspecified atom stereocenters. The molecule has 1 amide bonds. The summed E-state index contributed by atoms with van der Waals surface area (Å²) < 4.78 is 0. The summed E-state index contributed by atoms with van der Waals surface area (Å²) in [5.74, 6) is 1.02. The number of hydrogen-bond acceptors (Lipinski definition) is 4. The molecule has 1 N–H and O–H groups in total. The number of fused-ring (bicyclic) bond motifs is 1. The van der Waals surface area contributed by atoms with Crippen molar-refractivity contribution in [1.29, 1.82) is 0 Å². The summed E-state index contributed by atoms with van der Waals surface area (Å²) in [6, 6.07) is 8.42. The van der Waals surface area contributed by atoms with Gasteiger partial charge in [-0.15, -0.1) is 0 Å². The number of amides is 1. The minimum atomic E-state index is 0.136. The number of rotatable bonds is 5. The third-order valence-electron chi connectivity index (χ3n) is 7.03. The van der Waals surface area contributed by atoms with Crippen molar-refractivity contribution < 1.29 is 9.59 Å². The second kappa shape index (κ2) is 9.08. The minimum Gasteiger partial charge on any atom is -0.371 e. The van der Waals surface area contributed by atoms with Crippen molar-refractivity contribution in [2.45, 2.75) is 51.0 Å². The number of nitrogens with one attached hydrogen (secondary N) is 1. The highest BCUT2D eigenvalue weighted by molar-refractivity contribution is 5.79. The van der Waals surface area contributed by atoms with Gasteiger partial charge in [0.2, 0.25) is 5.91 Å². The fourth-order valence-corrected chi connectivity index (χ4v) is 5.35. The maximum atomic E-state index is 12.7. The van der Waals surface area contributed by atoms with E-state index >= 15 is 0 Å². The van der Waals surface area contributed by atoms with Gasteiger partial charge in [-0.3, -0.25) is 9.59 Å². The molecule has 3 aliphatic heterocycles. The van der Waals surface area contributed by atoms with E-state index < -0.39 is 0 Å². The monoisotopic (exact) mass is 383 g/mol. The van der Waals surface area contributed by atoms with E-state index in [-0.39, 0.29) is 11.8 Å². The van der Waals surface area contributed by atoms with E-state index in [1.807, 2.05) is 24.3 Å². The lowest BCUT2D eigenvalue weighted by Gasteiger charge is -2.44. The second-order valence-electron chi connectivity index (χ2n) is 8.72. The van der Waals surface area contributed by atoms with Crippen LogP contribution in [0.1, 0.15) is 55.3 Å². The van der Waals surface area contributed by atoms with Crippen LogP contribution >= 0.6 is 0 Å². The van der Waals surface area contributed by atoms with E-state index in [4.69, 9.17) is 0 Å². The number of aldehydes is 1. The first kappa shape index (κ1) is 19.4. The van der Waals surface area contributed by atoms with Crippen molar-refractivity contribution >= 4 is 17.9 Å². The molecule has 0 radical (unpaired) electrons. The van der Waals surface area contributed by atoms with Crippen molar-refractivity contribution in [3.05, 3.63) is 29.8 Å². The van der Waals surface area contributed by atoms with Gasteiger partial charge in [0.05, 0.1) is 0 Å². The predicted octanol–water partition coefficient (Wildman–Crippen LogP) is 3.10. The summed E-state index contributed by atoms with van der Waals surface area (Å²) in [7, 11) is 0. The molecular formula is C23H33N3O2. The Morgan fingerprint density at radius 2 is 1.71 bits per heavy atom. The summed E-state index contributed by atoms with van der Waals surface area (Å²) in [6.45, 7) is 5.16. The molecule has 28 heavy (non-hydrogen) atoms. The van der Waals surface area contributed by atoms with Crippen molar-refractivity contribution in [1.82, 2.24) is 10.2 Å². The molecule has 5 heteroatoms. The van der Waals surface area contributed by atoms with E-state index in [2.05, 4.69) is 15.1 Å². The maximum Gasteiger partial charge on any atom is 0.223 e. The summed E-state index contributed by atoms with van der Waals surface area (Å²) in [5, 5.41) is 3.30. The molecule has 3 saturated heterocycles. The molecule has 3 fully saturated rings. The van der Waals surface area contributed by atoms with E-state index in [1.165, 1.54) is 45.2 Å². The Morgan fingerprint density at radius 3 is 2.46 bits per heavy atom. The highest BCUT2D eigenvalue weighted by Crippen LogP contribution is 2.30. The number of anilines is 1. The Balaban J connectivity index is 1.24. The molecule has 152 valence electrons. The zero-order valence-corrected chi connectivity index (χ0v) is 16.8. The first-order valence-electron chi connectivity index (χ1n) is 11.1. The zero-order valence-electron chi connectivity index (χ0n) is 16.8. The van der Waals surface area contributed by atoms with Crippen molar-refractivity contribution in [3.8, 4) is 0 Å². The molecule has 0 saturated carbocycles. The van der Waals surface area contributed by atoms with Crippen LogP contribution in [0.25, 0.3) is 0 Å². The third kappa shape index (κ3) is 4.40. The average Bonchev–Trinajstić information content (AvgIpc) is 2.77. The minimum absolute atomic E-state index is 0.136. The van der Waals surface area contributed by atoms with Gasteiger partial charge in [0.15, 0.2) is 0 Å². The number of piperidine rings is 3. The van der Waals surface area contributed by atoms with Crippen LogP contribution in [-0.2, 0) is 4.79 Å². The van der Waals surface area contributed by atoms with Gasteiger partial charge in [0, 0.05) is 42.8 Å². The largest absolute Gasteiger partial charge is 0.371 e. The summed E-state index contributed by atoms with van der Waals surface area (Å²) in [5.41, 5.74) is 1.85. The van der Waals surface area contributed by atoms with Gasteiger partial charge in [0.1, 0.15) is 6.29 Å². The van der Waals surface area contributed by atoms with Crippen LogP contribution in [0.2, 0.25) is 0 Å².